The Bertz CT molecular complexity index is 610. The maximum atomic E-state index is 12.0. The summed E-state index contributed by atoms with van der Waals surface area (Å²) < 4.78 is 31.5. The molecule has 0 spiro atoms. The highest BCUT2D eigenvalue weighted by atomic mass is 35.5. The number of rotatable bonds is 7. The van der Waals surface area contributed by atoms with Gasteiger partial charge in [-0.15, -0.1) is 11.3 Å². The van der Waals surface area contributed by atoms with Crippen molar-refractivity contribution in [2.75, 3.05) is 13.2 Å². The summed E-state index contributed by atoms with van der Waals surface area (Å²) >= 11 is 6.32. The van der Waals surface area contributed by atoms with E-state index in [0.29, 0.717) is 11.3 Å². The van der Waals surface area contributed by atoms with Gasteiger partial charge in [-0.2, -0.15) is 0 Å². The van der Waals surface area contributed by atoms with E-state index in [0.717, 1.165) is 31.7 Å². The van der Waals surface area contributed by atoms with Crippen LogP contribution in [0.15, 0.2) is 10.3 Å². The standard InChI is InChI=1S/C11H15ClN2O5S2/c12-11-9(14(15)16)7-10(20-11)21(17,18)13-5-6-19-8-3-1-2-4-8/h7-8,13H,1-6H2. The van der Waals surface area contributed by atoms with Gasteiger partial charge in [0.1, 0.15) is 4.21 Å². The van der Waals surface area contributed by atoms with Crippen molar-refractivity contribution in [2.45, 2.75) is 36.0 Å². The second kappa shape index (κ2) is 7.01. The zero-order valence-corrected chi connectivity index (χ0v) is 13.5. The van der Waals surface area contributed by atoms with Gasteiger partial charge in [0.25, 0.3) is 5.69 Å². The molecule has 0 unspecified atom stereocenters. The van der Waals surface area contributed by atoms with Gasteiger partial charge in [0, 0.05) is 12.6 Å². The van der Waals surface area contributed by atoms with Crippen LogP contribution in [0.3, 0.4) is 0 Å². The summed E-state index contributed by atoms with van der Waals surface area (Å²) in [5.41, 5.74) is -0.399. The summed E-state index contributed by atoms with van der Waals surface area (Å²) in [5, 5.41) is 10.7. The Morgan fingerprint density at radius 3 is 2.71 bits per heavy atom. The Balaban J connectivity index is 1.89. The van der Waals surface area contributed by atoms with E-state index in [4.69, 9.17) is 16.3 Å². The molecule has 0 saturated heterocycles. The summed E-state index contributed by atoms with van der Waals surface area (Å²) in [5.74, 6) is 0. The molecular weight excluding hydrogens is 340 g/mol. The summed E-state index contributed by atoms with van der Waals surface area (Å²) in [4.78, 5) is 9.95. The van der Waals surface area contributed by atoms with Crippen molar-refractivity contribution >= 4 is 38.6 Å². The van der Waals surface area contributed by atoms with Crippen molar-refractivity contribution in [1.82, 2.24) is 4.72 Å². The normalized spacial score (nSPS) is 16.4. The summed E-state index contributed by atoms with van der Waals surface area (Å²) in [7, 11) is -3.79. The average Bonchev–Trinajstić information content (AvgIpc) is 3.04. The van der Waals surface area contributed by atoms with E-state index in [2.05, 4.69) is 4.72 Å². The molecule has 21 heavy (non-hydrogen) atoms. The molecule has 1 fully saturated rings. The SMILES string of the molecule is O=[N+]([O-])c1cc(S(=O)(=O)NCCOC2CCCC2)sc1Cl. The Morgan fingerprint density at radius 2 is 2.14 bits per heavy atom. The van der Waals surface area contributed by atoms with Crippen molar-refractivity contribution in [2.24, 2.45) is 0 Å². The molecule has 1 heterocycles. The maximum absolute atomic E-state index is 12.0. The zero-order valence-electron chi connectivity index (χ0n) is 11.1. The van der Waals surface area contributed by atoms with E-state index >= 15 is 0 Å². The van der Waals surface area contributed by atoms with Crippen molar-refractivity contribution in [3.05, 3.63) is 20.5 Å². The van der Waals surface area contributed by atoms with Crippen LogP contribution >= 0.6 is 22.9 Å². The first-order chi connectivity index (χ1) is 9.90. The molecule has 10 heteroatoms. The van der Waals surface area contributed by atoms with Gasteiger partial charge in [0.15, 0.2) is 4.34 Å². The highest BCUT2D eigenvalue weighted by molar-refractivity contribution is 7.91. The van der Waals surface area contributed by atoms with E-state index in [9.17, 15) is 18.5 Å². The van der Waals surface area contributed by atoms with Gasteiger partial charge in [-0.1, -0.05) is 24.4 Å². The third kappa shape index (κ3) is 4.36. The fourth-order valence-electron chi connectivity index (χ4n) is 2.12. The van der Waals surface area contributed by atoms with Crippen LogP contribution in [0, 0.1) is 10.1 Å². The fraction of sp³-hybridized carbons (Fsp3) is 0.636. The quantitative estimate of drug-likeness (QED) is 0.461. The number of halogens is 1. The lowest BCUT2D eigenvalue weighted by Crippen LogP contribution is -2.28. The highest BCUT2D eigenvalue weighted by Crippen LogP contribution is 2.36. The number of hydrogen-bond donors (Lipinski definition) is 1. The van der Waals surface area contributed by atoms with Gasteiger partial charge in [-0.3, -0.25) is 10.1 Å². The largest absolute Gasteiger partial charge is 0.377 e. The summed E-state index contributed by atoms with van der Waals surface area (Å²) in [6, 6.07) is 0.965. The topological polar surface area (TPSA) is 98.5 Å². The third-order valence-electron chi connectivity index (χ3n) is 3.16. The van der Waals surface area contributed by atoms with E-state index in [-0.39, 0.29) is 27.8 Å². The smallest absolute Gasteiger partial charge is 0.300 e. The molecule has 7 nitrogen and oxygen atoms in total. The number of nitrogens with one attached hydrogen (secondary N) is 1. The van der Waals surface area contributed by atoms with Crippen LogP contribution in [0.5, 0.6) is 0 Å². The van der Waals surface area contributed by atoms with Crippen molar-refractivity contribution in [1.29, 1.82) is 0 Å². The molecule has 1 aromatic heterocycles. The number of sulfonamides is 1. The van der Waals surface area contributed by atoms with Gasteiger partial charge >= 0.3 is 0 Å². The van der Waals surface area contributed by atoms with Crippen LogP contribution in [-0.4, -0.2) is 32.6 Å². The Morgan fingerprint density at radius 1 is 1.48 bits per heavy atom. The van der Waals surface area contributed by atoms with Gasteiger partial charge in [-0.25, -0.2) is 13.1 Å². The molecule has 118 valence electrons. The first-order valence-corrected chi connectivity index (χ1v) is 9.13. The van der Waals surface area contributed by atoms with E-state index in [1.807, 2.05) is 0 Å². The minimum Gasteiger partial charge on any atom is -0.377 e. The Kier molecular flexibility index (Phi) is 5.55. The van der Waals surface area contributed by atoms with Gasteiger partial charge in [0.2, 0.25) is 10.0 Å². The molecule has 1 aliphatic rings. The molecule has 1 N–H and O–H groups in total. The monoisotopic (exact) mass is 354 g/mol. The lowest BCUT2D eigenvalue weighted by atomic mass is 10.3. The number of hydrogen-bond acceptors (Lipinski definition) is 6. The number of nitro groups is 1. The molecule has 1 aliphatic carbocycles. The Labute approximate surface area is 131 Å². The molecular formula is C11H15ClN2O5S2. The number of ether oxygens (including phenoxy) is 1. The van der Waals surface area contributed by atoms with Gasteiger partial charge < -0.3 is 4.74 Å². The van der Waals surface area contributed by atoms with Gasteiger partial charge in [-0.05, 0) is 12.8 Å². The van der Waals surface area contributed by atoms with Crippen LogP contribution in [0.25, 0.3) is 0 Å². The van der Waals surface area contributed by atoms with E-state index < -0.39 is 20.6 Å². The van der Waals surface area contributed by atoms with E-state index in [1.54, 1.807) is 0 Å². The average molecular weight is 355 g/mol. The first kappa shape index (κ1) is 16.6. The van der Waals surface area contributed by atoms with Crippen molar-refractivity contribution in [3.8, 4) is 0 Å². The first-order valence-electron chi connectivity index (χ1n) is 6.45. The summed E-state index contributed by atoms with van der Waals surface area (Å²) in [6.07, 6.45) is 4.53. The molecule has 0 atom stereocenters. The molecule has 0 aromatic carbocycles. The fourth-order valence-corrected chi connectivity index (χ4v) is 4.85. The van der Waals surface area contributed by atoms with Crippen LogP contribution in [-0.2, 0) is 14.8 Å². The third-order valence-corrected chi connectivity index (χ3v) is 6.43. The lowest BCUT2D eigenvalue weighted by Gasteiger charge is -2.11. The molecule has 1 aromatic rings. The number of nitrogens with zero attached hydrogens (tertiary/aromatic N) is 1. The molecule has 1 saturated carbocycles. The summed E-state index contributed by atoms with van der Waals surface area (Å²) in [6.45, 7) is 0.410. The Hall–Kier alpha value is -0.740. The molecule has 2 rings (SSSR count). The molecule has 0 radical (unpaired) electrons. The minimum absolute atomic E-state index is 0.127. The van der Waals surface area contributed by atoms with Gasteiger partial charge in [0.05, 0.1) is 17.6 Å². The molecule has 0 aliphatic heterocycles. The molecule has 0 amide bonds. The van der Waals surface area contributed by atoms with Crippen molar-refractivity contribution in [3.63, 3.8) is 0 Å². The van der Waals surface area contributed by atoms with Crippen LogP contribution in [0.4, 0.5) is 5.69 Å². The highest BCUT2D eigenvalue weighted by Gasteiger charge is 2.25. The van der Waals surface area contributed by atoms with Crippen molar-refractivity contribution < 1.29 is 18.1 Å². The predicted molar refractivity (Wildman–Crippen MR) is 79.4 cm³/mol. The maximum Gasteiger partial charge on any atom is 0.300 e. The second-order valence-corrected chi connectivity index (χ2v) is 8.30. The number of thiophene rings is 1. The lowest BCUT2D eigenvalue weighted by molar-refractivity contribution is -0.384. The minimum atomic E-state index is -3.79. The molecule has 0 bridgehead atoms. The van der Waals surface area contributed by atoms with E-state index in [1.165, 1.54) is 0 Å². The zero-order chi connectivity index (χ0) is 15.5. The predicted octanol–water partition coefficient (Wildman–Crippen LogP) is 2.55. The van der Waals surface area contributed by atoms with Crippen LogP contribution in [0.2, 0.25) is 4.34 Å². The van der Waals surface area contributed by atoms with Crippen LogP contribution < -0.4 is 4.72 Å². The van der Waals surface area contributed by atoms with Crippen LogP contribution in [0.1, 0.15) is 25.7 Å². The second-order valence-electron chi connectivity index (χ2n) is 4.66.